The van der Waals surface area contributed by atoms with Gasteiger partial charge in [0.05, 0.1) is 17.6 Å². The Morgan fingerprint density at radius 3 is 2.45 bits per heavy atom. The lowest BCUT2D eigenvalue weighted by Gasteiger charge is -2.08. The second kappa shape index (κ2) is 7.75. The van der Waals surface area contributed by atoms with Gasteiger partial charge < -0.3 is 18.3 Å². The minimum absolute atomic E-state index is 0.147. The molecule has 0 saturated carbocycles. The third kappa shape index (κ3) is 3.59. The summed E-state index contributed by atoms with van der Waals surface area (Å²) in [5.41, 5.74) is 2.34. The molecule has 0 amide bonds. The van der Waals surface area contributed by atoms with Crippen molar-refractivity contribution < 1.29 is 27.9 Å². The topological polar surface area (TPSA) is 95.9 Å². The van der Waals surface area contributed by atoms with Crippen molar-refractivity contribution in [3.63, 3.8) is 0 Å². The molecule has 0 unspecified atom stereocenters. The van der Waals surface area contributed by atoms with Gasteiger partial charge in [0.15, 0.2) is 0 Å². The van der Waals surface area contributed by atoms with Crippen molar-refractivity contribution in [1.29, 1.82) is 0 Å². The van der Waals surface area contributed by atoms with Crippen molar-refractivity contribution in [3.8, 4) is 16.9 Å². The Morgan fingerprint density at radius 1 is 0.968 bits per heavy atom. The molecule has 0 fully saturated rings. The number of carbonyl (C=O) groups excluding carboxylic acids is 2. The van der Waals surface area contributed by atoms with Gasteiger partial charge in [-0.05, 0) is 50.6 Å². The standard InChI is InChI=1S/C24H20O7/c1-5-28-24(27)23-12(2)18-10-15(6-9-19(18)31-23)21-13(3)29-20-11-16(30-14(4)25)7-8-17(20)22(21)26/h6-11H,5H2,1-4H3. The third-order valence-electron chi connectivity index (χ3n) is 4.99. The van der Waals surface area contributed by atoms with Gasteiger partial charge in [-0.3, -0.25) is 9.59 Å². The van der Waals surface area contributed by atoms with Gasteiger partial charge in [-0.25, -0.2) is 4.79 Å². The highest BCUT2D eigenvalue weighted by atomic mass is 16.5. The zero-order valence-corrected chi connectivity index (χ0v) is 17.5. The van der Waals surface area contributed by atoms with Crippen LogP contribution >= 0.6 is 0 Å². The van der Waals surface area contributed by atoms with Crippen molar-refractivity contribution in [2.24, 2.45) is 0 Å². The largest absolute Gasteiger partial charge is 0.460 e. The number of ether oxygens (including phenoxy) is 2. The van der Waals surface area contributed by atoms with Gasteiger partial charge >= 0.3 is 11.9 Å². The first-order valence-electron chi connectivity index (χ1n) is 9.76. The molecule has 2 heterocycles. The maximum Gasteiger partial charge on any atom is 0.374 e. The molecule has 4 aromatic rings. The number of carbonyl (C=O) groups is 2. The smallest absolute Gasteiger partial charge is 0.374 e. The van der Waals surface area contributed by atoms with E-state index in [1.165, 1.54) is 13.0 Å². The molecule has 0 atom stereocenters. The van der Waals surface area contributed by atoms with Crippen molar-refractivity contribution in [2.75, 3.05) is 6.61 Å². The van der Waals surface area contributed by atoms with Crippen molar-refractivity contribution >= 4 is 33.9 Å². The molecule has 31 heavy (non-hydrogen) atoms. The van der Waals surface area contributed by atoms with E-state index in [-0.39, 0.29) is 17.8 Å². The maximum absolute atomic E-state index is 13.2. The van der Waals surface area contributed by atoms with E-state index < -0.39 is 11.9 Å². The summed E-state index contributed by atoms with van der Waals surface area (Å²) >= 11 is 0. The van der Waals surface area contributed by atoms with Crippen LogP contribution in [0.2, 0.25) is 0 Å². The van der Waals surface area contributed by atoms with Crippen LogP contribution in [0.3, 0.4) is 0 Å². The molecule has 0 aliphatic carbocycles. The Bertz CT molecular complexity index is 1410. The van der Waals surface area contributed by atoms with Crippen LogP contribution in [0.5, 0.6) is 5.75 Å². The fraction of sp³-hybridized carbons (Fsp3) is 0.208. The summed E-state index contributed by atoms with van der Waals surface area (Å²) in [6.07, 6.45) is 0. The molecule has 2 aromatic heterocycles. The molecule has 4 rings (SSSR count). The fourth-order valence-electron chi connectivity index (χ4n) is 3.62. The van der Waals surface area contributed by atoms with E-state index in [1.807, 2.05) is 0 Å². The number of rotatable bonds is 4. The summed E-state index contributed by atoms with van der Waals surface area (Å²) < 4.78 is 21.7. The molecule has 0 N–H and O–H groups in total. The lowest BCUT2D eigenvalue weighted by Crippen LogP contribution is -2.08. The van der Waals surface area contributed by atoms with E-state index in [1.54, 1.807) is 51.1 Å². The third-order valence-corrected chi connectivity index (χ3v) is 4.99. The number of fused-ring (bicyclic) bond motifs is 2. The van der Waals surface area contributed by atoms with Gasteiger partial charge in [0.2, 0.25) is 11.2 Å². The maximum atomic E-state index is 13.2. The molecule has 0 spiro atoms. The Kier molecular flexibility index (Phi) is 5.10. The van der Waals surface area contributed by atoms with Crippen LogP contribution in [0, 0.1) is 13.8 Å². The van der Waals surface area contributed by atoms with E-state index in [4.69, 9.17) is 18.3 Å². The first-order valence-corrected chi connectivity index (χ1v) is 9.76. The van der Waals surface area contributed by atoms with Crippen molar-refractivity contribution in [3.05, 3.63) is 63.7 Å². The summed E-state index contributed by atoms with van der Waals surface area (Å²) in [7, 11) is 0. The molecule has 0 aliphatic heterocycles. The zero-order chi connectivity index (χ0) is 22.3. The van der Waals surface area contributed by atoms with Gasteiger partial charge in [0.25, 0.3) is 0 Å². The Labute approximate surface area is 177 Å². The predicted molar refractivity (Wildman–Crippen MR) is 114 cm³/mol. The number of benzene rings is 2. The second-order valence-corrected chi connectivity index (χ2v) is 7.10. The molecule has 158 valence electrons. The van der Waals surface area contributed by atoms with Crippen LogP contribution in [-0.2, 0) is 9.53 Å². The summed E-state index contributed by atoms with van der Waals surface area (Å²) in [5.74, 6) is -0.112. The minimum Gasteiger partial charge on any atom is -0.460 e. The Balaban J connectivity index is 1.86. The number of hydrogen-bond donors (Lipinski definition) is 0. The van der Waals surface area contributed by atoms with Crippen LogP contribution in [0.1, 0.15) is 35.7 Å². The number of aryl methyl sites for hydroxylation is 2. The van der Waals surface area contributed by atoms with E-state index in [0.29, 0.717) is 50.1 Å². The normalized spacial score (nSPS) is 11.1. The molecule has 0 bridgehead atoms. The van der Waals surface area contributed by atoms with Crippen LogP contribution in [-0.4, -0.2) is 18.5 Å². The fourth-order valence-corrected chi connectivity index (χ4v) is 3.62. The predicted octanol–water partition coefficient (Wildman–Crippen LogP) is 4.93. The molecule has 2 aromatic carbocycles. The van der Waals surface area contributed by atoms with Gasteiger partial charge in [-0.2, -0.15) is 0 Å². The SMILES string of the molecule is CCOC(=O)c1oc2ccc(-c3c(C)oc4cc(OC(C)=O)ccc4c3=O)cc2c1C. The van der Waals surface area contributed by atoms with E-state index in [0.717, 1.165) is 0 Å². The molecule has 0 radical (unpaired) electrons. The summed E-state index contributed by atoms with van der Waals surface area (Å²) in [5, 5.41) is 1.08. The lowest BCUT2D eigenvalue weighted by molar-refractivity contribution is -0.131. The van der Waals surface area contributed by atoms with Gasteiger partial charge in [0, 0.05) is 23.9 Å². The van der Waals surface area contributed by atoms with Crippen LogP contribution in [0.4, 0.5) is 0 Å². The Hall–Kier alpha value is -3.87. The minimum atomic E-state index is -0.525. The highest BCUT2D eigenvalue weighted by Crippen LogP contribution is 2.32. The molecule has 7 heteroatoms. The zero-order valence-electron chi connectivity index (χ0n) is 17.5. The molecule has 0 aliphatic rings. The van der Waals surface area contributed by atoms with Crippen molar-refractivity contribution in [2.45, 2.75) is 27.7 Å². The average molecular weight is 420 g/mol. The number of hydrogen-bond acceptors (Lipinski definition) is 7. The van der Waals surface area contributed by atoms with Crippen LogP contribution in [0.25, 0.3) is 33.1 Å². The highest BCUT2D eigenvalue weighted by molar-refractivity contribution is 5.97. The van der Waals surface area contributed by atoms with Crippen molar-refractivity contribution in [1.82, 2.24) is 0 Å². The van der Waals surface area contributed by atoms with Crippen LogP contribution in [0.15, 0.2) is 50.0 Å². The van der Waals surface area contributed by atoms with E-state index in [2.05, 4.69) is 0 Å². The molecule has 0 saturated heterocycles. The first kappa shape index (κ1) is 20.4. The second-order valence-electron chi connectivity index (χ2n) is 7.10. The monoisotopic (exact) mass is 420 g/mol. The van der Waals surface area contributed by atoms with Gasteiger partial charge in [0.1, 0.15) is 22.7 Å². The summed E-state index contributed by atoms with van der Waals surface area (Å²) in [4.78, 5) is 36.6. The quantitative estimate of drug-likeness (QED) is 0.341. The molecule has 7 nitrogen and oxygen atoms in total. The number of esters is 2. The van der Waals surface area contributed by atoms with Gasteiger partial charge in [-0.15, -0.1) is 0 Å². The summed E-state index contributed by atoms with van der Waals surface area (Å²) in [6, 6.07) is 9.91. The Morgan fingerprint density at radius 2 is 1.74 bits per heavy atom. The van der Waals surface area contributed by atoms with Gasteiger partial charge in [-0.1, -0.05) is 6.07 Å². The van der Waals surface area contributed by atoms with E-state index in [9.17, 15) is 14.4 Å². The van der Waals surface area contributed by atoms with Crippen LogP contribution < -0.4 is 10.2 Å². The summed E-state index contributed by atoms with van der Waals surface area (Å²) in [6.45, 7) is 6.75. The highest BCUT2D eigenvalue weighted by Gasteiger charge is 2.21. The molecular weight excluding hydrogens is 400 g/mol. The average Bonchev–Trinajstić information content (AvgIpc) is 3.04. The lowest BCUT2D eigenvalue weighted by atomic mass is 10.00. The molecular formula is C24H20O7. The number of furan rings is 1. The first-order chi connectivity index (χ1) is 14.8. The van der Waals surface area contributed by atoms with E-state index >= 15 is 0 Å².